The predicted molar refractivity (Wildman–Crippen MR) is 82.4 cm³/mol. The van der Waals surface area contributed by atoms with Gasteiger partial charge in [-0.1, -0.05) is 15.9 Å². The molecule has 3 nitrogen and oxygen atoms in total. The lowest BCUT2D eigenvalue weighted by Gasteiger charge is -2.39. The van der Waals surface area contributed by atoms with Crippen LogP contribution in [0.3, 0.4) is 0 Å². The van der Waals surface area contributed by atoms with Crippen LogP contribution in [-0.4, -0.2) is 23.5 Å². The van der Waals surface area contributed by atoms with E-state index in [1.54, 1.807) is 0 Å². The third-order valence-electron chi connectivity index (χ3n) is 3.73. The lowest BCUT2D eigenvalue weighted by molar-refractivity contribution is -0.124. The Hall–Kier alpha value is -0.870. The van der Waals surface area contributed by atoms with Gasteiger partial charge in [0.1, 0.15) is 0 Å². The molecule has 0 bridgehead atoms. The molecule has 104 valence electrons. The highest BCUT2D eigenvalue weighted by Crippen LogP contribution is 2.32. The lowest BCUT2D eigenvalue weighted by Crippen LogP contribution is -2.56. The van der Waals surface area contributed by atoms with E-state index in [4.69, 9.17) is 0 Å². The van der Waals surface area contributed by atoms with Crippen molar-refractivity contribution in [2.45, 2.75) is 45.2 Å². The molecule has 1 aromatic carbocycles. The molecular formula is C15H21BrN2O. The molecule has 1 aliphatic rings. The average Bonchev–Trinajstić information content (AvgIpc) is 2.37. The van der Waals surface area contributed by atoms with Gasteiger partial charge < -0.3 is 10.2 Å². The van der Waals surface area contributed by atoms with Crippen LogP contribution in [0.15, 0.2) is 28.7 Å². The fraction of sp³-hybridized carbons (Fsp3) is 0.533. The molecule has 0 aliphatic carbocycles. The number of benzene rings is 1. The van der Waals surface area contributed by atoms with Crippen molar-refractivity contribution in [2.24, 2.45) is 0 Å². The van der Waals surface area contributed by atoms with Crippen molar-refractivity contribution in [1.29, 1.82) is 0 Å². The van der Waals surface area contributed by atoms with E-state index in [9.17, 15) is 4.79 Å². The Bertz CT molecular complexity index is 479. The minimum absolute atomic E-state index is 0.123. The van der Waals surface area contributed by atoms with Crippen LogP contribution in [0.5, 0.6) is 0 Å². The third kappa shape index (κ3) is 2.84. The summed E-state index contributed by atoms with van der Waals surface area (Å²) in [7, 11) is 0. The Kier molecular flexibility index (Phi) is 3.76. The van der Waals surface area contributed by atoms with Gasteiger partial charge in [0.25, 0.3) is 0 Å². The molecule has 1 aliphatic heterocycles. The molecule has 1 saturated heterocycles. The lowest BCUT2D eigenvalue weighted by atomic mass is 9.96. The van der Waals surface area contributed by atoms with Gasteiger partial charge >= 0.3 is 0 Å². The Morgan fingerprint density at radius 3 is 2.32 bits per heavy atom. The first-order chi connectivity index (χ1) is 8.74. The number of hydrogen-bond donors (Lipinski definition) is 1. The molecule has 0 atom stereocenters. The second kappa shape index (κ2) is 4.91. The summed E-state index contributed by atoms with van der Waals surface area (Å²) in [4.78, 5) is 14.7. The maximum atomic E-state index is 12.8. The summed E-state index contributed by atoms with van der Waals surface area (Å²) in [5.41, 5.74) is 0.238. The summed E-state index contributed by atoms with van der Waals surface area (Å²) in [6, 6.07) is 7.93. The normalized spacial score (nSPS) is 22.2. The van der Waals surface area contributed by atoms with E-state index in [1.807, 2.05) is 43.0 Å². The van der Waals surface area contributed by atoms with Crippen molar-refractivity contribution < 1.29 is 4.79 Å². The van der Waals surface area contributed by atoms with Gasteiger partial charge in [-0.2, -0.15) is 0 Å². The number of hydrogen-bond acceptors (Lipinski definition) is 2. The van der Waals surface area contributed by atoms with E-state index in [-0.39, 0.29) is 11.4 Å². The van der Waals surface area contributed by atoms with Gasteiger partial charge in [0, 0.05) is 15.7 Å². The highest BCUT2D eigenvalue weighted by atomic mass is 79.9. The summed E-state index contributed by atoms with van der Waals surface area (Å²) in [6.07, 6.45) is 0.929. The Morgan fingerprint density at radius 1 is 1.16 bits per heavy atom. The fourth-order valence-corrected chi connectivity index (χ4v) is 2.74. The molecule has 1 amide bonds. The maximum absolute atomic E-state index is 12.8. The van der Waals surface area contributed by atoms with Gasteiger partial charge in [-0.25, -0.2) is 0 Å². The quantitative estimate of drug-likeness (QED) is 0.859. The Labute approximate surface area is 123 Å². The number of halogens is 1. The van der Waals surface area contributed by atoms with Gasteiger partial charge in [0.05, 0.1) is 5.54 Å². The smallest absolute Gasteiger partial charge is 0.247 e. The SMILES string of the molecule is CC1(C)NCCC(C)(C)N(c2ccc(Br)cc2)C1=O. The number of anilines is 1. The average molecular weight is 325 g/mol. The molecule has 1 fully saturated rings. The fourth-order valence-electron chi connectivity index (χ4n) is 2.48. The second-order valence-electron chi connectivity index (χ2n) is 6.23. The number of amides is 1. The Morgan fingerprint density at radius 2 is 1.74 bits per heavy atom. The first-order valence-electron chi connectivity index (χ1n) is 6.59. The number of nitrogens with zero attached hydrogens (tertiary/aromatic N) is 1. The molecule has 0 saturated carbocycles. The topological polar surface area (TPSA) is 32.3 Å². The summed E-state index contributed by atoms with van der Waals surface area (Å²) in [5, 5.41) is 3.34. The molecule has 1 aromatic rings. The van der Waals surface area contributed by atoms with Gasteiger partial charge in [-0.3, -0.25) is 4.79 Å². The first kappa shape index (κ1) is 14.5. The molecule has 0 spiro atoms. The standard InChI is InChI=1S/C15H21BrN2O/c1-14(2)9-10-17-15(3,4)13(19)18(14)12-7-5-11(16)6-8-12/h5-8,17H,9-10H2,1-4H3. The number of carbonyl (C=O) groups is 1. The van der Waals surface area contributed by atoms with E-state index in [2.05, 4.69) is 35.1 Å². The van der Waals surface area contributed by atoms with Crippen LogP contribution in [0.2, 0.25) is 0 Å². The van der Waals surface area contributed by atoms with E-state index in [1.165, 1.54) is 0 Å². The minimum Gasteiger partial charge on any atom is -0.305 e. The molecular weight excluding hydrogens is 304 g/mol. The van der Waals surface area contributed by atoms with E-state index in [0.29, 0.717) is 0 Å². The zero-order chi connectivity index (χ0) is 14.3. The van der Waals surface area contributed by atoms with Gasteiger partial charge in [-0.05, 0) is 64.9 Å². The van der Waals surface area contributed by atoms with Crippen molar-refractivity contribution in [3.63, 3.8) is 0 Å². The number of nitrogens with one attached hydrogen (secondary N) is 1. The largest absolute Gasteiger partial charge is 0.305 e. The van der Waals surface area contributed by atoms with Crippen LogP contribution >= 0.6 is 15.9 Å². The van der Waals surface area contributed by atoms with Crippen molar-refractivity contribution in [1.82, 2.24) is 5.32 Å². The molecule has 1 N–H and O–H groups in total. The molecule has 4 heteroatoms. The van der Waals surface area contributed by atoms with Crippen LogP contribution in [0, 0.1) is 0 Å². The summed E-state index contributed by atoms with van der Waals surface area (Å²) in [6.45, 7) is 8.98. The molecule has 0 radical (unpaired) electrons. The molecule has 0 unspecified atom stereocenters. The molecule has 19 heavy (non-hydrogen) atoms. The number of carbonyl (C=O) groups excluding carboxylic acids is 1. The maximum Gasteiger partial charge on any atom is 0.247 e. The van der Waals surface area contributed by atoms with E-state index in [0.717, 1.165) is 23.1 Å². The summed E-state index contributed by atoms with van der Waals surface area (Å²) in [5.74, 6) is 0.123. The monoisotopic (exact) mass is 324 g/mol. The molecule has 2 rings (SSSR count). The van der Waals surface area contributed by atoms with E-state index >= 15 is 0 Å². The minimum atomic E-state index is -0.527. The van der Waals surface area contributed by atoms with Crippen molar-refractivity contribution >= 4 is 27.5 Å². The van der Waals surface area contributed by atoms with Crippen molar-refractivity contribution in [3.05, 3.63) is 28.7 Å². The van der Waals surface area contributed by atoms with Crippen LogP contribution < -0.4 is 10.2 Å². The zero-order valence-electron chi connectivity index (χ0n) is 12.0. The van der Waals surface area contributed by atoms with E-state index < -0.39 is 5.54 Å². The molecule has 1 heterocycles. The van der Waals surface area contributed by atoms with Gasteiger partial charge in [-0.15, -0.1) is 0 Å². The highest BCUT2D eigenvalue weighted by molar-refractivity contribution is 9.10. The number of rotatable bonds is 1. The summed E-state index contributed by atoms with van der Waals surface area (Å²) >= 11 is 3.44. The first-order valence-corrected chi connectivity index (χ1v) is 7.39. The van der Waals surface area contributed by atoms with Gasteiger partial charge in [0.2, 0.25) is 5.91 Å². The Balaban J connectivity index is 2.47. The molecule has 0 aromatic heterocycles. The third-order valence-corrected chi connectivity index (χ3v) is 4.26. The van der Waals surface area contributed by atoms with Crippen molar-refractivity contribution in [2.75, 3.05) is 11.4 Å². The summed E-state index contributed by atoms with van der Waals surface area (Å²) < 4.78 is 1.02. The van der Waals surface area contributed by atoms with Crippen molar-refractivity contribution in [3.8, 4) is 0 Å². The van der Waals surface area contributed by atoms with Crippen LogP contribution in [0.25, 0.3) is 0 Å². The van der Waals surface area contributed by atoms with Crippen LogP contribution in [0.4, 0.5) is 5.69 Å². The zero-order valence-corrected chi connectivity index (χ0v) is 13.5. The highest BCUT2D eigenvalue weighted by Gasteiger charge is 2.42. The van der Waals surface area contributed by atoms with Crippen LogP contribution in [0.1, 0.15) is 34.1 Å². The van der Waals surface area contributed by atoms with Gasteiger partial charge in [0.15, 0.2) is 0 Å². The van der Waals surface area contributed by atoms with Crippen LogP contribution in [-0.2, 0) is 4.79 Å². The second-order valence-corrected chi connectivity index (χ2v) is 7.15. The predicted octanol–water partition coefficient (Wildman–Crippen LogP) is 3.33.